The van der Waals surface area contributed by atoms with Crippen LogP contribution in [-0.4, -0.2) is 88.0 Å². The third-order valence-corrected chi connectivity index (χ3v) is 7.34. The Kier molecular flexibility index (Phi) is 7.62. The number of ether oxygens (including phenoxy) is 1. The monoisotopic (exact) mass is 574 g/mol. The topological polar surface area (TPSA) is 107 Å². The van der Waals surface area contributed by atoms with Gasteiger partial charge in [0.05, 0.1) is 11.3 Å². The number of halogens is 3. The lowest BCUT2D eigenvalue weighted by molar-refractivity contribution is -0.136. The molecule has 2 amide bonds. The summed E-state index contributed by atoms with van der Waals surface area (Å²) in [7, 11) is 2.02. The molecule has 0 radical (unpaired) electrons. The van der Waals surface area contributed by atoms with Crippen LogP contribution < -0.4 is 15.5 Å². The fraction of sp³-hybridized carbons (Fsp3) is 0.385. The number of allylic oxidation sites excluding steroid dienone is 1. The first kappa shape index (κ1) is 27.7. The van der Waals surface area contributed by atoms with Crippen LogP contribution >= 0.6 is 11.6 Å². The van der Waals surface area contributed by atoms with Gasteiger partial charge in [0.2, 0.25) is 5.91 Å². The Labute approximate surface area is 234 Å². The Balaban J connectivity index is 1.48. The smallest absolute Gasteiger partial charge is 0.387 e. The van der Waals surface area contributed by atoms with E-state index in [1.807, 2.05) is 7.05 Å². The first-order chi connectivity index (χ1) is 19.0. The lowest BCUT2D eigenvalue weighted by Crippen LogP contribution is -2.59. The van der Waals surface area contributed by atoms with E-state index in [1.165, 1.54) is 29.1 Å². The highest BCUT2D eigenvalue weighted by molar-refractivity contribution is 6.31. The molecule has 1 fully saturated rings. The molecule has 0 saturated carbocycles. The summed E-state index contributed by atoms with van der Waals surface area (Å²) in [5.41, 5.74) is 3.67. The Bertz CT molecular complexity index is 1420. The number of hydrogen-bond acceptors (Lipinski definition) is 8. The van der Waals surface area contributed by atoms with E-state index in [0.29, 0.717) is 24.5 Å². The van der Waals surface area contributed by atoms with Crippen LogP contribution in [0.5, 0.6) is 5.75 Å². The van der Waals surface area contributed by atoms with Crippen molar-refractivity contribution in [3.8, 4) is 17.0 Å². The molecule has 0 unspecified atom stereocenters. The third-order valence-electron chi connectivity index (χ3n) is 7.11. The van der Waals surface area contributed by atoms with Crippen molar-refractivity contribution in [1.29, 1.82) is 0 Å². The van der Waals surface area contributed by atoms with Crippen LogP contribution in [0.3, 0.4) is 0 Å². The lowest BCUT2D eigenvalue weighted by atomic mass is 10.00. The predicted octanol–water partition coefficient (Wildman–Crippen LogP) is 2.93. The second-order valence-electron chi connectivity index (χ2n) is 10.2. The van der Waals surface area contributed by atoms with Gasteiger partial charge in [-0.25, -0.2) is 10.4 Å². The fourth-order valence-electron chi connectivity index (χ4n) is 4.72. The van der Waals surface area contributed by atoms with Crippen LogP contribution in [0.15, 0.2) is 53.1 Å². The van der Waals surface area contributed by atoms with E-state index >= 15 is 0 Å². The van der Waals surface area contributed by atoms with Crippen molar-refractivity contribution in [2.45, 2.75) is 32.5 Å². The van der Waals surface area contributed by atoms with Gasteiger partial charge in [0.25, 0.3) is 5.91 Å². The van der Waals surface area contributed by atoms with Crippen molar-refractivity contribution < 1.29 is 23.1 Å². The number of nitrogens with zero attached hydrogens (tertiary/aromatic N) is 6. The molecule has 5 rings (SSSR count). The predicted molar refractivity (Wildman–Crippen MR) is 146 cm³/mol. The minimum absolute atomic E-state index is 0.118. The number of benzene rings is 1. The minimum atomic E-state index is -3.10. The number of anilines is 1. The molecule has 212 valence electrons. The SMILES string of the molecule is CN1CCN(C(=O)Cn2cc(NC(=O)C3=C4N=CC=CN4NC3)c(-c3cc(Cl)ccc3OC(F)F)n2)CC1(C)C. The molecule has 14 heteroatoms. The van der Waals surface area contributed by atoms with E-state index in [9.17, 15) is 18.4 Å². The molecule has 0 spiro atoms. The van der Waals surface area contributed by atoms with Gasteiger partial charge < -0.3 is 15.0 Å². The quantitative estimate of drug-likeness (QED) is 0.524. The zero-order valence-electron chi connectivity index (χ0n) is 22.2. The van der Waals surface area contributed by atoms with E-state index in [2.05, 4.69) is 39.6 Å². The summed E-state index contributed by atoms with van der Waals surface area (Å²) in [4.78, 5) is 34.8. The van der Waals surface area contributed by atoms with Crippen LogP contribution in [0.25, 0.3) is 11.3 Å². The summed E-state index contributed by atoms with van der Waals surface area (Å²) in [5.74, 6) is -0.368. The highest BCUT2D eigenvalue weighted by atomic mass is 35.5. The fourth-order valence-corrected chi connectivity index (χ4v) is 4.89. The number of likely N-dealkylation sites (N-methyl/N-ethyl adjacent to an activating group) is 1. The van der Waals surface area contributed by atoms with E-state index < -0.39 is 12.5 Å². The molecule has 3 aliphatic rings. The van der Waals surface area contributed by atoms with Crippen LogP contribution in [-0.2, 0) is 16.1 Å². The molecule has 40 heavy (non-hydrogen) atoms. The number of aliphatic imine (C=N–C) groups is 1. The standard InChI is InChI=1S/C26H29ClF2N8O3/c1-26(2)15-35(10-9-34(26)3)21(38)14-36-13-19(32-24(39)18-12-31-37-8-4-7-30-23(18)37)22(33-36)17-11-16(27)5-6-20(17)40-25(28)29/h4-8,11,13,25,31H,9-10,12,14-15H2,1-3H3,(H,32,39). The van der Waals surface area contributed by atoms with Crippen LogP contribution in [0, 0.1) is 0 Å². The van der Waals surface area contributed by atoms with Gasteiger partial charge in [0.15, 0.2) is 5.82 Å². The molecular weight excluding hydrogens is 546 g/mol. The summed E-state index contributed by atoms with van der Waals surface area (Å²) in [6.07, 6.45) is 6.52. The summed E-state index contributed by atoms with van der Waals surface area (Å²) < 4.78 is 32.5. The highest BCUT2D eigenvalue weighted by Gasteiger charge is 2.34. The molecule has 3 aliphatic heterocycles. The van der Waals surface area contributed by atoms with Crippen molar-refractivity contribution in [1.82, 2.24) is 30.0 Å². The van der Waals surface area contributed by atoms with Gasteiger partial charge in [-0.2, -0.15) is 13.9 Å². The van der Waals surface area contributed by atoms with Crippen LogP contribution in [0.2, 0.25) is 5.02 Å². The number of nitrogens with one attached hydrogen (secondary N) is 2. The van der Waals surface area contributed by atoms with Gasteiger partial charge in [-0.05, 0) is 45.2 Å². The molecular formula is C26H29ClF2N8O3. The average molecular weight is 575 g/mol. The Hall–Kier alpha value is -3.81. The lowest BCUT2D eigenvalue weighted by Gasteiger charge is -2.45. The largest absolute Gasteiger partial charge is 0.434 e. The van der Waals surface area contributed by atoms with Gasteiger partial charge in [0, 0.05) is 60.9 Å². The number of rotatable bonds is 7. The molecule has 0 bridgehead atoms. The number of aromatic nitrogens is 2. The molecule has 1 saturated heterocycles. The first-order valence-corrected chi connectivity index (χ1v) is 13.0. The number of hydrogen-bond donors (Lipinski definition) is 2. The Morgan fingerprint density at radius 1 is 1.27 bits per heavy atom. The van der Waals surface area contributed by atoms with E-state index in [0.717, 1.165) is 6.54 Å². The molecule has 2 N–H and O–H groups in total. The van der Waals surface area contributed by atoms with Gasteiger partial charge >= 0.3 is 6.61 Å². The average Bonchev–Trinajstić information content (AvgIpc) is 3.50. The summed E-state index contributed by atoms with van der Waals surface area (Å²) in [6.45, 7) is 2.96. The molecule has 1 aromatic heterocycles. The summed E-state index contributed by atoms with van der Waals surface area (Å²) >= 11 is 6.20. The van der Waals surface area contributed by atoms with E-state index in [4.69, 9.17) is 16.3 Å². The highest BCUT2D eigenvalue weighted by Crippen LogP contribution is 2.37. The second-order valence-corrected chi connectivity index (χ2v) is 10.7. The first-order valence-electron chi connectivity index (χ1n) is 12.6. The molecule has 11 nitrogen and oxygen atoms in total. The van der Waals surface area contributed by atoms with Gasteiger partial charge in [0.1, 0.15) is 18.0 Å². The second kappa shape index (κ2) is 11.0. The third kappa shape index (κ3) is 5.71. The van der Waals surface area contributed by atoms with Crippen LogP contribution in [0.1, 0.15) is 13.8 Å². The van der Waals surface area contributed by atoms with Crippen molar-refractivity contribution in [2.24, 2.45) is 4.99 Å². The van der Waals surface area contributed by atoms with Crippen molar-refractivity contribution in [2.75, 3.05) is 38.5 Å². The maximum absolute atomic E-state index is 13.3. The number of hydrazine groups is 1. The molecule has 1 aromatic carbocycles. The number of amides is 2. The maximum atomic E-state index is 13.3. The van der Waals surface area contributed by atoms with Gasteiger partial charge in [-0.15, -0.1) is 0 Å². The molecule has 2 aromatic rings. The van der Waals surface area contributed by atoms with Crippen LogP contribution in [0.4, 0.5) is 14.5 Å². The number of fused-ring (bicyclic) bond motifs is 1. The molecule has 0 aliphatic carbocycles. The van der Waals surface area contributed by atoms with Gasteiger partial charge in [-0.1, -0.05) is 11.6 Å². The normalized spacial score (nSPS) is 18.5. The molecule has 4 heterocycles. The van der Waals surface area contributed by atoms with E-state index in [1.54, 1.807) is 28.4 Å². The Morgan fingerprint density at radius 3 is 2.83 bits per heavy atom. The van der Waals surface area contributed by atoms with Crippen molar-refractivity contribution in [3.63, 3.8) is 0 Å². The maximum Gasteiger partial charge on any atom is 0.387 e. The van der Waals surface area contributed by atoms with E-state index in [-0.39, 0.29) is 52.3 Å². The zero-order chi connectivity index (χ0) is 28.6. The van der Waals surface area contributed by atoms with Crippen molar-refractivity contribution >= 4 is 35.3 Å². The van der Waals surface area contributed by atoms with Crippen molar-refractivity contribution in [3.05, 3.63) is 53.1 Å². The number of carbonyl (C=O) groups excluding carboxylic acids is 2. The number of carbonyl (C=O) groups is 2. The van der Waals surface area contributed by atoms with Gasteiger partial charge in [-0.3, -0.25) is 24.2 Å². The Morgan fingerprint density at radius 2 is 2.08 bits per heavy atom. The molecule has 0 atom stereocenters. The summed E-state index contributed by atoms with van der Waals surface area (Å²) in [6, 6.07) is 4.14. The summed E-state index contributed by atoms with van der Waals surface area (Å²) in [5, 5.41) is 9.21. The minimum Gasteiger partial charge on any atom is -0.434 e. The number of alkyl halides is 2. The number of piperazine rings is 1. The zero-order valence-corrected chi connectivity index (χ0v) is 23.0.